The zero-order valence-corrected chi connectivity index (χ0v) is 10.9. The molecule has 2 rings (SSSR count). The molecule has 1 heterocycles. The summed E-state index contributed by atoms with van der Waals surface area (Å²) in [5, 5.41) is 48.2. The number of hydrogen-bond acceptors (Lipinski definition) is 6. The van der Waals surface area contributed by atoms with Crippen molar-refractivity contribution in [3.05, 3.63) is 5.56 Å². The van der Waals surface area contributed by atoms with Crippen LogP contribution in [0.1, 0.15) is 31.4 Å². The van der Waals surface area contributed by atoms with Crippen molar-refractivity contribution < 1.29 is 30.3 Å². The topological polar surface area (TPSA) is 121 Å². The molecule has 7 nitrogen and oxygen atoms in total. The first-order valence-electron chi connectivity index (χ1n) is 6.28. The van der Waals surface area contributed by atoms with Crippen LogP contribution in [-0.2, 0) is 4.79 Å². The van der Waals surface area contributed by atoms with Crippen molar-refractivity contribution in [3.8, 4) is 28.7 Å². The van der Waals surface area contributed by atoms with E-state index in [9.17, 15) is 30.3 Å². The molecule has 1 fully saturated rings. The maximum Gasteiger partial charge on any atom is 0.210 e. The molecule has 1 aromatic carbocycles. The first-order valence-corrected chi connectivity index (χ1v) is 6.28. The molecule has 0 aromatic heterocycles. The summed E-state index contributed by atoms with van der Waals surface area (Å²) in [4.78, 5) is 12.5. The van der Waals surface area contributed by atoms with Gasteiger partial charge in [0.2, 0.25) is 23.7 Å². The first kappa shape index (κ1) is 14.1. The van der Waals surface area contributed by atoms with Gasteiger partial charge in [0.05, 0.1) is 11.6 Å². The van der Waals surface area contributed by atoms with Gasteiger partial charge in [0.1, 0.15) is 0 Å². The Balaban J connectivity index is 2.54. The second-order valence-electron chi connectivity index (χ2n) is 5.16. The Morgan fingerprint density at radius 3 is 1.95 bits per heavy atom. The van der Waals surface area contributed by atoms with Crippen LogP contribution in [0.2, 0.25) is 0 Å². The van der Waals surface area contributed by atoms with Gasteiger partial charge in [0.25, 0.3) is 0 Å². The maximum absolute atomic E-state index is 11.1. The van der Waals surface area contributed by atoms with E-state index in [4.69, 9.17) is 0 Å². The minimum Gasteiger partial charge on any atom is -0.504 e. The molecule has 2 unspecified atom stereocenters. The molecule has 1 aliphatic rings. The summed E-state index contributed by atoms with van der Waals surface area (Å²) in [6, 6.07) is -0.666. The number of likely N-dealkylation sites (tertiary alicyclic amines) is 1. The van der Waals surface area contributed by atoms with Crippen LogP contribution in [0.15, 0.2) is 0 Å². The van der Waals surface area contributed by atoms with Gasteiger partial charge in [0.15, 0.2) is 11.5 Å². The molecular weight excluding hydrogens is 266 g/mol. The van der Waals surface area contributed by atoms with E-state index < -0.39 is 34.8 Å². The molecule has 5 N–H and O–H groups in total. The second-order valence-corrected chi connectivity index (χ2v) is 5.16. The molecule has 1 amide bonds. The lowest BCUT2D eigenvalue weighted by molar-refractivity contribution is -0.122. The predicted molar refractivity (Wildman–Crippen MR) is 68.7 cm³/mol. The van der Waals surface area contributed by atoms with E-state index in [2.05, 4.69) is 0 Å². The summed E-state index contributed by atoms with van der Waals surface area (Å²) >= 11 is 0. The first-order chi connectivity index (χ1) is 9.38. The highest BCUT2D eigenvalue weighted by Gasteiger charge is 2.34. The number of rotatable bonds is 2. The minimum absolute atomic E-state index is 0.156. The standard InChI is InChI=1S/C13H17NO6/c1-6-2-3-7(14(4-6)5-15)8-9(16)11(18)13(20)12(19)10(8)17/h5-7,16-20H,2-4H2,1H3. The highest BCUT2D eigenvalue weighted by molar-refractivity contribution is 5.69. The van der Waals surface area contributed by atoms with Crippen LogP contribution >= 0.6 is 0 Å². The van der Waals surface area contributed by atoms with Crippen LogP contribution < -0.4 is 0 Å². The fourth-order valence-electron chi connectivity index (χ4n) is 2.63. The number of phenols is 5. The average Bonchev–Trinajstić information content (AvgIpc) is 2.44. The molecule has 1 aliphatic heterocycles. The van der Waals surface area contributed by atoms with Crippen molar-refractivity contribution in [2.45, 2.75) is 25.8 Å². The van der Waals surface area contributed by atoms with Gasteiger partial charge < -0.3 is 30.4 Å². The maximum atomic E-state index is 11.1. The molecule has 7 heteroatoms. The van der Waals surface area contributed by atoms with Crippen molar-refractivity contribution in [2.75, 3.05) is 6.54 Å². The van der Waals surface area contributed by atoms with Gasteiger partial charge in [-0.2, -0.15) is 0 Å². The molecule has 110 valence electrons. The predicted octanol–water partition coefficient (Wildman–Crippen LogP) is 1.14. The minimum atomic E-state index is -0.995. The summed E-state index contributed by atoms with van der Waals surface area (Å²) in [7, 11) is 0. The van der Waals surface area contributed by atoms with Gasteiger partial charge in [-0.05, 0) is 18.8 Å². The summed E-state index contributed by atoms with van der Waals surface area (Å²) in [6.07, 6.45) is 1.82. The monoisotopic (exact) mass is 283 g/mol. The lowest BCUT2D eigenvalue weighted by Gasteiger charge is -2.36. The van der Waals surface area contributed by atoms with Gasteiger partial charge in [-0.1, -0.05) is 6.92 Å². The Bertz CT molecular complexity index is 515. The Morgan fingerprint density at radius 1 is 0.950 bits per heavy atom. The summed E-state index contributed by atoms with van der Waals surface area (Å²) in [5.41, 5.74) is -0.156. The number of benzene rings is 1. The van der Waals surface area contributed by atoms with E-state index in [0.717, 1.165) is 6.42 Å². The van der Waals surface area contributed by atoms with Gasteiger partial charge in [-0.15, -0.1) is 0 Å². The van der Waals surface area contributed by atoms with E-state index in [1.165, 1.54) is 4.90 Å². The van der Waals surface area contributed by atoms with E-state index in [-0.39, 0.29) is 11.5 Å². The Morgan fingerprint density at radius 2 is 1.45 bits per heavy atom. The number of carbonyl (C=O) groups is 1. The molecule has 2 atom stereocenters. The highest BCUT2D eigenvalue weighted by atomic mass is 16.4. The molecule has 1 saturated heterocycles. The Kier molecular flexibility index (Phi) is 3.52. The van der Waals surface area contributed by atoms with Crippen LogP contribution in [0.4, 0.5) is 0 Å². The second kappa shape index (κ2) is 4.99. The van der Waals surface area contributed by atoms with Gasteiger partial charge >= 0.3 is 0 Å². The van der Waals surface area contributed by atoms with Gasteiger partial charge in [-0.3, -0.25) is 4.79 Å². The third-order valence-electron chi connectivity index (χ3n) is 3.73. The quantitative estimate of drug-likeness (QED) is 0.315. The van der Waals surface area contributed by atoms with E-state index in [0.29, 0.717) is 19.4 Å². The van der Waals surface area contributed by atoms with E-state index >= 15 is 0 Å². The third kappa shape index (κ3) is 2.04. The number of hydrogen-bond donors (Lipinski definition) is 5. The lowest BCUT2D eigenvalue weighted by Crippen LogP contribution is -2.36. The van der Waals surface area contributed by atoms with Crippen molar-refractivity contribution in [1.82, 2.24) is 4.90 Å². The number of carbonyl (C=O) groups excluding carboxylic acids is 1. The highest BCUT2D eigenvalue weighted by Crippen LogP contribution is 2.54. The number of nitrogens with zero attached hydrogens (tertiary/aromatic N) is 1. The molecule has 0 spiro atoms. The third-order valence-corrected chi connectivity index (χ3v) is 3.73. The fourth-order valence-corrected chi connectivity index (χ4v) is 2.63. The van der Waals surface area contributed by atoms with E-state index in [1.807, 2.05) is 6.92 Å². The smallest absolute Gasteiger partial charge is 0.210 e. The van der Waals surface area contributed by atoms with Crippen LogP contribution in [0, 0.1) is 5.92 Å². The zero-order chi connectivity index (χ0) is 15.0. The average molecular weight is 283 g/mol. The molecule has 0 radical (unpaired) electrons. The van der Waals surface area contributed by atoms with Crippen LogP contribution in [0.25, 0.3) is 0 Å². The molecule has 0 saturated carbocycles. The van der Waals surface area contributed by atoms with Gasteiger partial charge in [-0.25, -0.2) is 0 Å². The van der Waals surface area contributed by atoms with Crippen molar-refractivity contribution in [2.24, 2.45) is 5.92 Å². The zero-order valence-electron chi connectivity index (χ0n) is 10.9. The largest absolute Gasteiger partial charge is 0.504 e. The molecule has 0 aliphatic carbocycles. The summed E-state index contributed by atoms with van der Waals surface area (Å²) in [5.74, 6) is -4.02. The van der Waals surface area contributed by atoms with Crippen molar-refractivity contribution >= 4 is 6.41 Å². The molecule has 0 bridgehead atoms. The van der Waals surface area contributed by atoms with Crippen LogP contribution in [0.5, 0.6) is 28.7 Å². The summed E-state index contributed by atoms with van der Waals surface area (Å²) in [6.45, 7) is 2.41. The van der Waals surface area contributed by atoms with Crippen LogP contribution in [0.3, 0.4) is 0 Å². The number of amides is 1. The van der Waals surface area contributed by atoms with Crippen molar-refractivity contribution in [3.63, 3.8) is 0 Å². The van der Waals surface area contributed by atoms with Crippen LogP contribution in [-0.4, -0.2) is 43.4 Å². The SMILES string of the molecule is CC1CCC(c2c(O)c(O)c(O)c(O)c2O)N(C=O)C1. The van der Waals surface area contributed by atoms with E-state index in [1.54, 1.807) is 0 Å². The Labute approximate surface area is 115 Å². The fraction of sp³-hybridized carbons (Fsp3) is 0.462. The molecule has 20 heavy (non-hydrogen) atoms. The Hall–Kier alpha value is -2.31. The normalized spacial score (nSPS) is 22.8. The summed E-state index contributed by atoms with van der Waals surface area (Å²) < 4.78 is 0. The number of aromatic hydroxyl groups is 5. The molecular formula is C13H17NO6. The lowest BCUT2D eigenvalue weighted by atomic mass is 9.89. The molecule has 1 aromatic rings. The van der Waals surface area contributed by atoms with Crippen molar-refractivity contribution in [1.29, 1.82) is 0 Å². The van der Waals surface area contributed by atoms with Gasteiger partial charge in [0, 0.05) is 6.54 Å². The number of piperidine rings is 1. The number of phenolic OH excluding ortho intramolecular Hbond substituents is 5.